The van der Waals surface area contributed by atoms with E-state index < -0.39 is 5.76 Å². The Morgan fingerprint density at radius 1 is 1.09 bits per heavy atom. The molecule has 0 aliphatic heterocycles. The van der Waals surface area contributed by atoms with Crippen LogP contribution in [0.15, 0.2) is 33.7 Å². The molecular weight excluding hydrogens is 306 g/mol. The van der Waals surface area contributed by atoms with Gasteiger partial charge in [0.25, 0.3) is 5.76 Å². The Labute approximate surface area is 133 Å². The van der Waals surface area contributed by atoms with E-state index in [1.54, 1.807) is 12.1 Å². The van der Waals surface area contributed by atoms with Crippen LogP contribution in [-0.2, 0) is 0 Å². The number of alkyl halides is 2. The molecule has 0 amide bonds. The topological polar surface area (TPSA) is 38.1 Å². The summed E-state index contributed by atoms with van der Waals surface area (Å²) in [5.41, 5.74) is 3.00. The van der Waals surface area contributed by atoms with E-state index in [0.717, 1.165) is 22.6 Å². The number of rotatable bonds is 6. The zero-order chi connectivity index (χ0) is 16.3. The van der Waals surface area contributed by atoms with Crippen molar-refractivity contribution in [2.75, 3.05) is 0 Å². The first-order chi connectivity index (χ1) is 10.4. The van der Waals surface area contributed by atoms with Crippen molar-refractivity contribution in [3.8, 4) is 0 Å². The zero-order valence-electron chi connectivity index (χ0n) is 13.1. The third-order valence-electron chi connectivity index (χ3n) is 3.63. The normalized spacial score (nSPS) is 14.3. The molecule has 1 heterocycles. The van der Waals surface area contributed by atoms with Gasteiger partial charge >= 0.3 is 0 Å². The first-order valence-corrected chi connectivity index (χ1v) is 8.00. The molecule has 0 aliphatic carbocycles. The SMILES string of the molecule is Cc1noc(C)c1C(C)NC(C)c1ccc(SC(F)F)cc1. The van der Waals surface area contributed by atoms with Gasteiger partial charge in [-0.15, -0.1) is 0 Å². The lowest BCUT2D eigenvalue weighted by Crippen LogP contribution is -2.23. The molecule has 0 radical (unpaired) electrons. The van der Waals surface area contributed by atoms with Crippen molar-refractivity contribution in [3.05, 3.63) is 46.8 Å². The van der Waals surface area contributed by atoms with Crippen molar-refractivity contribution in [2.24, 2.45) is 0 Å². The summed E-state index contributed by atoms with van der Waals surface area (Å²) in [6, 6.07) is 7.39. The van der Waals surface area contributed by atoms with Crippen LogP contribution in [0.25, 0.3) is 0 Å². The van der Waals surface area contributed by atoms with Gasteiger partial charge < -0.3 is 9.84 Å². The van der Waals surface area contributed by atoms with Gasteiger partial charge in [-0.1, -0.05) is 29.1 Å². The van der Waals surface area contributed by atoms with Gasteiger partial charge in [0.2, 0.25) is 0 Å². The maximum atomic E-state index is 12.3. The number of aryl methyl sites for hydroxylation is 2. The molecule has 0 spiro atoms. The summed E-state index contributed by atoms with van der Waals surface area (Å²) in [7, 11) is 0. The number of aromatic nitrogens is 1. The van der Waals surface area contributed by atoms with E-state index in [4.69, 9.17) is 4.52 Å². The molecule has 22 heavy (non-hydrogen) atoms. The minimum absolute atomic E-state index is 0.0919. The van der Waals surface area contributed by atoms with E-state index in [0.29, 0.717) is 16.7 Å². The van der Waals surface area contributed by atoms with Gasteiger partial charge in [-0.2, -0.15) is 8.78 Å². The van der Waals surface area contributed by atoms with Crippen LogP contribution in [0.3, 0.4) is 0 Å². The first kappa shape index (κ1) is 17.0. The van der Waals surface area contributed by atoms with E-state index in [1.165, 1.54) is 0 Å². The highest BCUT2D eigenvalue weighted by molar-refractivity contribution is 7.99. The maximum Gasteiger partial charge on any atom is 0.288 e. The predicted molar refractivity (Wildman–Crippen MR) is 84.2 cm³/mol. The number of hydrogen-bond donors (Lipinski definition) is 1. The minimum Gasteiger partial charge on any atom is -0.361 e. The van der Waals surface area contributed by atoms with E-state index in [9.17, 15) is 8.78 Å². The Balaban J connectivity index is 2.04. The Kier molecular flexibility index (Phi) is 5.58. The summed E-state index contributed by atoms with van der Waals surface area (Å²) in [5.74, 6) is -1.57. The molecule has 2 aromatic rings. The monoisotopic (exact) mass is 326 g/mol. The van der Waals surface area contributed by atoms with Crippen LogP contribution in [0.5, 0.6) is 0 Å². The van der Waals surface area contributed by atoms with Crippen molar-refractivity contribution in [1.29, 1.82) is 0 Å². The zero-order valence-corrected chi connectivity index (χ0v) is 13.9. The Hall–Kier alpha value is -1.40. The van der Waals surface area contributed by atoms with Crippen molar-refractivity contribution in [2.45, 2.75) is 50.4 Å². The molecule has 0 bridgehead atoms. The minimum atomic E-state index is -2.39. The standard InChI is InChI=1S/C16H20F2N2OS/c1-9(13-5-7-14(8-6-13)22-16(17)18)19-10(2)15-11(3)20-21-12(15)4/h5-10,16,19H,1-4H3. The number of nitrogens with one attached hydrogen (secondary N) is 1. The molecule has 2 unspecified atom stereocenters. The summed E-state index contributed by atoms with van der Waals surface area (Å²) < 4.78 is 29.8. The van der Waals surface area contributed by atoms with Crippen molar-refractivity contribution >= 4 is 11.8 Å². The van der Waals surface area contributed by atoms with Gasteiger partial charge in [0.05, 0.1) is 5.69 Å². The molecular formula is C16H20F2N2OS. The fourth-order valence-electron chi connectivity index (χ4n) is 2.60. The molecule has 3 nitrogen and oxygen atoms in total. The lowest BCUT2D eigenvalue weighted by Gasteiger charge is -2.20. The van der Waals surface area contributed by atoms with E-state index >= 15 is 0 Å². The van der Waals surface area contributed by atoms with Crippen LogP contribution in [0.2, 0.25) is 0 Å². The Bertz CT molecular complexity index is 594. The van der Waals surface area contributed by atoms with E-state index in [2.05, 4.69) is 17.4 Å². The first-order valence-electron chi connectivity index (χ1n) is 7.12. The summed E-state index contributed by atoms with van der Waals surface area (Å²) in [6.45, 7) is 7.92. The molecule has 1 aromatic carbocycles. The van der Waals surface area contributed by atoms with Crippen LogP contribution in [0.1, 0.15) is 48.5 Å². The fourth-order valence-corrected chi connectivity index (χ4v) is 3.10. The largest absolute Gasteiger partial charge is 0.361 e. The number of hydrogen-bond acceptors (Lipinski definition) is 4. The quantitative estimate of drug-likeness (QED) is 0.757. The van der Waals surface area contributed by atoms with Gasteiger partial charge in [-0.3, -0.25) is 0 Å². The van der Waals surface area contributed by atoms with Gasteiger partial charge in [-0.25, -0.2) is 0 Å². The van der Waals surface area contributed by atoms with Gasteiger partial charge in [-0.05, 0) is 45.4 Å². The van der Waals surface area contributed by atoms with Crippen LogP contribution < -0.4 is 5.32 Å². The van der Waals surface area contributed by atoms with Gasteiger partial charge in [0, 0.05) is 22.5 Å². The molecule has 0 saturated carbocycles. The van der Waals surface area contributed by atoms with E-state index in [1.807, 2.05) is 32.9 Å². The highest BCUT2D eigenvalue weighted by Gasteiger charge is 2.18. The van der Waals surface area contributed by atoms with E-state index in [-0.39, 0.29) is 12.1 Å². The molecule has 2 rings (SSSR count). The summed E-state index contributed by atoms with van der Waals surface area (Å²) in [4.78, 5) is 0.574. The van der Waals surface area contributed by atoms with Gasteiger partial charge in [0.15, 0.2) is 0 Å². The van der Waals surface area contributed by atoms with Crippen LogP contribution in [0.4, 0.5) is 8.78 Å². The molecule has 120 valence electrons. The maximum absolute atomic E-state index is 12.3. The number of nitrogens with zero attached hydrogens (tertiary/aromatic N) is 1. The smallest absolute Gasteiger partial charge is 0.288 e. The second-order valence-corrected chi connectivity index (χ2v) is 6.36. The van der Waals surface area contributed by atoms with Crippen LogP contribution in [-0.4, -0.2) is 10.9 Å². The second kappa shape index (κ2) is 7.24. The van der Waals surface area contributed by atoms with Crippen molar-refractivity contribution in [3.63, 3.8) is 0 Å². The lowest BCUT2D eigenvalue weighted by molar-refractivity contribution is 0.252. The molecule has 1 N–H and O–H groups in total. The van der Waals surface area contributed by atoms with Crippen LogP contribution in [0, 0.1) is 13.8 Å². The molecule has 0 aliphatic rings. The second-order valence-electron chi connectivity index (χ2n) is 5.30. The average molecular weight is 326 g/mol. The average Bonchev–Trinajstić information content (AvgIpc) is 2.78. The van der Waals surface area contributed by atoms with Crippen molar-refractivity contribution < 1.29 is 13.3 Å². The van der Waals surface area contributed by atoms with Crippen LogP contribution >= 0.6 is 11.8 Å². The summed E-state index contributed by atoms with van der Waals surface area (Å²) in [5, 5.41) is 7.45. The number of thioether (sulfide) groups is 1. The molecule has 0 fully saturated rings. The number of halogens is 2. The molecule has 2 atom stereocenters. The molecule has 1 aromatic heterocycles. The highest BCUT2D eigenvalue weighted by atomic mass is 32.2. The van der Waals surface area contributed by atoms with Gasteiger partial charge in [0.1, 0.15) is 5.76 Å². The lowest BCUT2D eigenvalue weighted by atomic mass is 10.0. The summed E-state index contributed by atoms with van der Waals surface area (Å²) >= 11 is 0.560. The molecule has 0 saturated heterocycles. The molecule has 6 heteroatoms. The Morgan fingerprint density at radius 2 is 1.73 bits per heavy atom. The summed E-state index contributed by atoms with van der Waals surface area (Å²) in [6.07, 6.45) is 0. The van der Waals surface area contributed by atoms with Crippen molar-refractivity contribution in [1.82, 2.24) is 10.5 Å². The predicted octanol–water partition coefficient (Wildman–Crippen LogP) is 5.02. The highest BCUT2D eigenvalue weighted by Crippen LogP contribution is 2.28. The third-order valence-corrected chi connectivity index (χ3v) is 4.35. The number of benzene rings is 1. The Morgan fingerprint density at radius 3 is 2.23 bits per heavy atom. The third kappa shape index (κ3) is 4.08. The fraction of sp³-hybridized carbons (Fsp3) is 0.438.